The highest BCUT2D eigenvalue weighted by atomic mass is 32.2. The highest BCUT2D eigenvalue weighted by Crippen LogP contribution is 2.54. The van der Waals surface area contributed by atoms with Crippen molar-refractivity contribution in [2.24, 2.45) is 10.6 Å². The number of nitrogens with one attached hydrogen (secondary N) is 1. The summed E-state index contributed by atoms with van der Waals surface area (Å²) in [6.07, 6.45) is -0.803. The lowest BCUT2D eigenvalue weighted by Gasteiger charge is -2.35. The van der Waals surface area contributed by atoms with E-state index in [0.29, 0.717) is 30.5 Å². The maximum atomic E-state index is 13.4. The Balaban J connectivity index is 1.67. The zero-order valence-corrected chi connectivity index (χ0v) is 18.3. The number of nitrogens with zero attached hydrogens (tertiary/aromatic N) is 3. The fraction of sp³-hybridized carbons (Fsp3) is 0.476. The first-order valence-electron chi connectivity index (χ1n) is 10.3. The van der Waals surface area contributed by atoms with Crippen LogP contribution in [0.15, 0.2) is 35.4 Å². The summed E-state index contributed by atoms with van der Waals surface area (Å²) in [5, 5.41) is 18.8. The molecule has 1 unspecified atom stereocenters. The van der Waals surface area contributed by atoms with Gasteiger partial charge >= 0.3 is 6.18 Å². The molecule has 1 spiro atoms. The van der Waals surface area contributed by atoms with E-state index in [1.165, 1.54) is 6.07 Å². The minimum Gasteiger partial charge on any atom is -0.375 e. The second-order valence-electron chi connectivity index (χ2n) is 8.56. The predicted octanol–water partition coefficient (Wildman–Crippen LogP) is 3.84. The Hall–Kier alpha value is -2.37. The molecule has 0 aromatic carbocycles. The lowest BCUT2D eigenvalue weighted by Crippen LogP contribution is -2.41. The Bertz CT molecular complexity index is 1020. The molecule has 4 N–H and O–H groups in total. The van der Waals surface area contributed by atoms with Crippen LogP contribution in [0.3, 0.4) is 0 Å². The molecule has 172 valence electrons. The lowest BCUT2D eigenvalue weighted by atomic mass is 9.93. The number of nitrogens with two attached hydrogens (primary N) is 1. The van der Waals surface area contributed by atoms with Gasteiger partial charge in [0, 0.05) is 13.1 Å². The summed E-state index contributed by atoms with van der Waals surface area (Å²) in [6.45, 7) is 1.83. The summed E-state index contributed by atoms with van der Waals surface area (Å²) >= 11 is 0.927. The van der Waals surface area contributed by atoms with Crippen LogP contribution in [0.2, 0.25) is 0 Å². The van der Waals surface area contributed by atoms with Gasteiger partial charge in [0.15, 0.2) is 5.60 Å². The third-order valence-electron chi connectivity index (χ3n) is 6.34. The molecule has 0 bridgehead atoms. The van der Waals surface area contributed by atoms with E-state index in [9.17, 15) is 23.1 Å². The molecule has 4 rings (SSSR count). The minimum absolute atomic E-state index is 0.117. The molecule has 11 heteroatoms. The Labute approximate surface area is 187 Å². The molecule has 1 saturated carbocycles. The fourth-order valence-corrected chi connectivity index (χ4v) is 4.19. The third-order valence-corrected chi connectivity index (χ3v) is 6.81. The Morgan fingerprint density at radius 2 is 1.84 bits per heavy atom. The summed E-state index contributed by atoms with van der Waals surface area (Å²) in [7, 11) is 0. The van der Waals surface area contributed by atoms with Crippen molar-refractivity contribution in [1.82, 2.24) is 9.97 Å². The number of amides is 1. The van der Waals surface area contributed by atoms with Crippen LogP contribution in [0.25, 0.3) is 0 Å². The standard InChI is InChI=1S/C21H24F3N5O2S/c1-19(31,21(22,23)24)14-6-5-13(18(30)28-15-3-2-4-16(27-15)32-25)17(26-14)29-11-9-20(7-8-20)10-12-29/h2-6,31H,7-12,25H2,1H3,(H,27,28,30). The molecule has 1 atom stereocenters. The van der Waals surface area contributed by atoms with E-state index in [1.807, 2.05) is 4.90 Å². The highest BCUT2D eigenvalue weighted by Gasteiger charge is 2.53. The number of hydrogen-bond acceptors (Lipinski definition) is 7. The molecular weight excluding hydrogens is 443 g/mol. The van der Waals surface area contributed by atoms with Gasteiger partial charge in [-0.1, -0.05) is 6.07 Å². The number of piperidine rings is 1. The maximum Gasteiger partial charge on any atom is 0.422 e. The molecule has 2 aromatic heterocycles. The number of carbonyl (C=O) groups excluding carboxylic acids is 1. The van der Waals surface area contributed by atoms with Gasteiger partial charge in [-0.3, -0.25) is 9.93 Å². The Kier molecular flexibility index (Phi) is 5.84. The molecule has 32 heavy (non-hydrogen) atoms. The zero-order chi connectivity index (χ0) is 23.1. The number of pyridine rings is 2. The number of anilines is 2. The van der Waals surface area contributed by atoms with Gasteiger partial charge in [-0.05, 0) is 74.2 Å². The SMILES string of the molecule is CC(O)(c1ccc(C(=O)Nc2cccc(SN)n2)c(N2CCC3(CC2)CC3)n1)C(F)(F)F. The Morgan fingerprint density at radius 3 is 2.44 bits per heavy atom. The first-order chi connectivity index (χ1) is 15.0. The van der Waals surface area contributed by atoms with Crippen molar-refractivity contribution in [3.05, 3.63) is 41.6 Å². The van der Waals surface area contributed by atoms with Crippen LogP contribution in [0.5, 0.6) is 0 Å². The van der Waals surface area contributed by atoms with Gasteiger partial charge in [-0.15, -0.1) is 0 Å². The number of aromatic nitrogens is 2. The molecule has 0 radical (unpaired) electrons. The van der Waals surface area contributed by atoms with Crippen LogP contribution in [0.4, 0.5) is 24.8 Å². The van der Waals surface area contributed by atoms with Crippen molar-refractivity contribution in [2.45, 2.75) is 49.4 Å². The van der Waals surface area contributed by atoms with Crippen molar-refractivity contribution in [2.75, 3.05) is 23.3 Å². The first-order valence-corrected chi connectivity index (χ1v) is 11.1. The lowest BCUT2D eigenvalue weighted by molar-refractivity contribution is -0.260. The van der Waals surface area contributed by atoms with Gasteiger partial charge in [0.05, 0.1) is 11.3 Å². The Morgan fingerprint density at radius 1 is 1.16 bits per heavy atom. The van der Waals surface area contributed by atoms with Crippen molar-refractivity contribution < 1.29 is 23.1 Å². The summed E-state index contributed by atoms with van der Waals surface area (Å²) in [5.74, 6) is -0.160. The summed E-state index contributed by atoms with van der Waals surface area (Å²) in [4.78, 5) is 23.2. The van der Waals surface area contributed by atoms with Crippen LogP contribution >= 0.6 is 11.9 Å². The van der Waals surface area contributed by atoms with Crippen LogP contribution < -0.4 is 15.4 Å². The number of alkyl halides is 3. The molecule has 7 nitrogen and oxygen atoms in total. The maximum absolute atomic E-state index is 13.4. The van der Waals surface area contributed by atoms with Gasteiger partial charge in [-0.2, -0.15) is 13.2 Å². The quantitative estimate of drug-likeness (QED) is 0.574. The molecule has 2 aliphatic rings. The summed E-state index contributed by atoms with van der Waals surface area (Å²) in [5.41, 5.74) is -3.24. The molecule has 3 heterocycles. The summed E-state index contributed by atoms with van der Waals surface area (Å²) < 4.78 is 40.3. The van der Waals surface area contributed by atoms with Crippen LogP contribution in [0.1, 0.15) is 48.7 Å². The van der Waals surface area contributed by atoms with Crippen molar-refractivity contribution in [3.8, 4) is 0 Å². The number of aliphatic hydroxyl groups is 1. The fourth-order valence-electron chi connectivity index (χ4n) is 3.89. The van der Waals surface area contributed by atoms with Gasteiger partial charge in [-0.25, -0.2) is 9.97 Å². The molecule has 1 aliphatic carbocycles. The van der Waals surface area contributed by atoms with Crippen molar-refractivity contribution in [1.29, 1.82) is 0 Å². The molecule has 1 aliphatic heterocycles. The number of rotatable bonds is 5. The van der Waals surface area contributed by atoms with E-state index in [2.05, 4.69) is 15.3 Å². The smallest absolute Gasteiger partial charge is 0.375 e. The normalized spacial score (nSPS) is 19.5. The van der Waals surface area contributed by atoms with Gasteiger partial charge in [0.2, 0.25) is 0 Å². The number of halogens is 3. The minimum atomic E-state index is -4.91. The molecular formula is C21H24F3N5O2S. The van der Waals surface area contributed by atoms with E-state index < -0.39 is 23.4 Å². The predicted molar refractivity (Wildman–Crippen MR) is 115 cm³/mol. The average molecular weight is 468 g/mol. The van der Waals surface area contributed by atoms with E-state index >= 15 is 0 Å². The second kappa shape index (κ2) is 8.20. The topological polar surface area (TPSA) is 104 Å². The van der Waals surface area contributed by atoms with E-state index in [1.54, 1.807) is 18.2 Å². The van der Waals surface area contributed by atoms with E-state index in [0.717, 1.165) is 43.7 Å². The van der Waals surface area contributed by atoms with Crippen molar-refractivity contribution >= 4 is 29.5 Å². The van der Waals surface area contributed by atoms with Gasteiger partial charge < -0.3 is 15.3 Å². The summed E-state index contributed by atoms with van der Waals surface area (Å²) in [6, 6.07) is 7.27. The largest absolute Gasteiger partial charge is 0.422 e. The zero-order valence-electron chi connectivity index (χ0n) is 17.4. The molecule has 1 amide bonds. The first kappa shape index (κ1) is 22.8. The second-order valence-corrected chi connectivity index (χ2v) is 9.21. The van der Waals surface area contributed by atoms with Crippen LogP contribution in [0, 0.1) is 5.41 Å². The van der Waals surface area contributed by atoms with Crippen LogP contribution in [-0.2, 0) is 5.60 Å². The van der Waals surface area contributed by atoms with Crippen LogP contribution in [-0.4, -0.2) is 40.2 Å². The third kappa shape index (κ3) is 4.41. The van der Waals surface area contributed by atoms with Crippen molar-refractivity contribution in [3.63, 3.8) is 0 Å². The highest BCUT2D eigenvalue weighted by molar-refractivity contribution is 7.97. The monoisotopic (exact) mass is 467 g/mol. The van der Waals surface area contributed by atoms with Gasteiger partial charge in [0.25, 0.3) is 5.91 Å². The molecule has 1 saturated heterocycles. The molecule has 2 aromatic rings. The van der Waals surface area contributed by atoms with Gasteiger partial charge in [0.1, 0.15) is 16.7 Å². The number of hydrogen-bond donors (Lipinski definition) is 3. The van der Waals surface area contributed by atoms with E-state index in [-0.39, 0.29) is 17.2 Å². The average Bonchev–Trinajstić information content (AvgIpc) is 3.52. The molecule has 2 fully saturated rings. The number of carbonyl (C=O) groups is 1. The van der Waals surface area contributed by atoms with E-state index in [4.69, 9.17) is 5.14 Å².